The SMILES string of the molecule is Cc1ccc(N)c(NCC2CC2C)n1. The molecule has 76 valence electrons. The molecule has 14 heavy (non-hydrogen) atoms. The van der Waals surface area contributed by atoms with E-state index in [1.165, 1.54) is 6.42 Å². The number of nitrogens with two attached hydrogens (primary N) is 1. The molecule has 1 fully saturated rings. The molecule has 2 rings (SSSR count). The highest BCUT2D eigenvalue weighted by Gasteiger charge is 2.32. The van der Waals surface area contributed by atoms with E-state index >= 15 is 0 Å². The molecular formula is C11H17N3. The number of hydrogen-bond acceptors (Lipinski definition) is 3. The molecule has 0 radical (unpaired) electrons. The van der Waals surface area contributed by atoms with Crippen LogP contribution in [0.2, 0.25) is 0 Å². The van der Waals surface area contributed by atoms with Crippen LogP contribution in [0.5, 0.6) is 0 Å². The smallest absolute Gasteiger partial charge is 0.149 e. The van der Waals surface area contributed by atoms with Gasteiger partial charge < -0.3 is 11.1 Å². The highest BCUT2D eigenvalue weighted by molar-refractivity contribution is 5.61. The van der Waals surface area contributed by atoms with E-state index in [1.54, 1.807) is 0 Å². The Labute approximate surface area is 84.7 Å². The van der Waals surface area contributed by atoms with Gasteiger partial charge in [0.15, 0.2) is 0 Å². The molecule has 3 nitrogen and oxygen atoms in total. The molecule has 1 heterocycles. The third-order valence-electron chi connectivity index (χ3n) is 2.87. The second kappa shape index (κ2) is 3.48. The van der Waals surface area contributed by atoms with Crippen molar-refractivity contribution in [1.82, 2.24) is 4.98 Å². The van der Waals surface area contributed by atoms with Crippen LogP contribution in [0.15, 0.2) is 12.1 Å². The van der Waals surface area contributed by atoms with Crippen LogP contribution in [0.4, 0.5) is 11.5 Å². The van der Waals surface area contributed by atoms with Gasteiger partial charge in [0.1, 0.15) is 5.82 Å². The molecular weight excluding hydrogens is 174 g/mol. The Hall–Kier alpha value is -1.25. The first kappa shape index (κ1) is 9.31. The predicted molar refractivity (Wildman–Crippen MR) is 59.1 cm³/mol. The van der Waals surface area contributed by atoms with Crippen LogP contribution in [0.3, 0.4) is 0 Å². The van der Waals surface area contributed by atoms with Gasteiger partial charge in [-0.15, -0.1) is 0 Å². The Morgan fingerprint density at radius 1 is 1.57 bits per heavy atom. The Kier molecular flexibility index (Phi) is 2.32. The average molecular weight is 191 g/mol. The third-order valence-corrected chi connectivity index (χ3v) is 2.87. The van der Waals surface area contributed by atoms with Crippen molar-refractivity contribution >= 4 is 11.5 Å². The van der Waals surface area contributed by atoms with E-state index in [2.05, 4.69) is 17.2 Å². The molecule has 3 N–H and O–H groups in total. The van der Waals surface area contributed by atoms with Gasteiger partial charge in [-0.25, -0.2) is 4.98 Å². The second-order valence-electron chi connectivity index (χ2n) is 4.24. The number of nitrogens with zero attached hydrogens (tertiary/aromatic N) is 1. The summed E-state index contributed by atoms with van der Waals surface area (Å²) in [5.74, 6) is 2.52. The van der Waals surface area contributed by atoms with Crippen LogP contribution in [0.1, 0.15) is 19.0 Å². The molecule has 2 atom stereocenters. The maximum Gasteiger partial charge on any atom is 0.149 e. The number of nitrogens with one attached hydrogen (secondary N) is 1. The summed E-state index contributed by atoms with van der Waals surface area (Å²) < 4.78 is 0. The molecule has 0 amide bonds. The molecule has 1 aromatic heterocycles. The van der Waals surface area contributed by atoms with Gasteiger partial charge >= 0.3 is 0 Å². The van der Waals surface area contributed by atoms with Gasteiger partial charge in [-0.3, -0.25) is 0 Å². The van der Waals surface area contributed by atoms with Gasteiger partial charge in [0, 0.05) is 12.2 Å². The van der Waals surface area contributed by atoms with E-state index < -0.39 is 0 Å². The molecule has 1 aliphatic carbocycles. The molecule has 1 saturated carbocycles. The second-order valence-corrected chi connectivity index (χ2v) is 4.24. The number of aromatic nitrogens is 1. The summed E-state index contributed by atoms with van der Waals surface area (Å²) in [6.45, 7) is 5.26. The zero-order valence-electron chi connectivity index (χ0n) is 8.75. The highest BCUT2D eigenvalue weighted by Crippen LogP contribution is 2.37. The summed E-state index contributed by atoms with van der Waals surface area (Å²) in [5, 5.41) is 3.31. The van der Waals surface area contributed by atoms with Crippen LogP contribution in [0.25, 0.3) is 0 Å². The number of anilines is 2. The largest absolute Gasteiger partial charge is 0.396 e. The third kappa shape index (κ3) is 1.97. The molecule has 1 aromatic rings. The van der Waals surface area contributed by atoms with Crippen molar-refractivity contribution < 1.29 is 0 Å². The van der Waals surface area contributed by atoms with Crippen molar-refractivity contribution in [2.45, 2.75) is 20.3 Å². The van der Waals surface area contributed by atoms with Crippen molar-refractivity contribution in [2.75, 3.05) is 17.6 Å². The van der Waals surface area contributed by atoms with E-state index in [0.717, 1.165) is 35.6 Å². The zero-order valence-corrected chi connectivity index (χ0v) is 8.75. The molecule has 1 aliphatic rings. The first-order valence-corrected chi connectivity index (χ1v) is 5.14. The fourth-order valence-electron chi connectivity index (χ4n) is 1.62. The lowest BCUT2D eigenvalue weighted by molar-refractivity contribution is 0.784. The number of hydrogen-bond donors (Lipinski definition) is 2. The minimum atomic E-state index is 0.740. The minimum Gasteiger partial charge on any atom is -0.396 e. The Balaban J connectivity index is 1.97. The van der Waals surface area contributed by atoms with E-state index in [1.807, 2.05) is 19.1 Å². The van der Waals surface area contributed by atoms with Gasteiger partial charge in [-0.2, -0.15) is 0 Å². The quantitative estimate of drug-likeness (QED) is 0.768. The molecule has 0 saturated heterocycles. The highest BCUT2D eigenvalue weighted by atomic mass is 15.0. The average Bonchev–Trinajstić information content (AvgIpc) is 2.84. The van der Waals surface area contributed by atoms with Crippen LogP contribution >= 0.6 is 0 Å². The lowest BCUT2D eigenvalue weighted by atomic mass is 10.3. The van der Waals surface area contributed by atoms with Crippen LogP contribution in [-0.4, -0.2) is 11.5 Å². The van der Waals surface area contributed by atoms with Crippen molar-refractivity contribution in [3.63, 3.8) is 0 Å². The van der Waals surface area contributed by atoms with Crippen LogP contribution < -0.4 is 11.1 Å². The Morgan fingerprint density at radius 2 is 2.29 bits per heavy atom. The zero-order chi connectivity index (χ0) is 10.1. The standard InChI is InChI=1S/C11H17N3/c1-7-5-9(7)6-13-11-10(12)4-3-8(2)14-11/h3-4,7,9H,5-6,12H2,1-2H3,(H,13,14). The lowest BCUT2D eigenvalue weighted by Crippen LogP contribution is -2.08. The van der Waals surface area contributed by atoms with Crippen molar-refractivity contribution in [1.29, 1.82) is 0 Å². The van der Waals surface area contributed by atoms with Gasteiger partial charge in [0.25, 0.3) is 0 Å². The summed E-state index contributed by atoms with van der Waals surface area (Å²) in [7, 11) is 0. The topological polar surface area (TPSA) is 50.9 Å². The summed E-state index contributed by atoms with van der Waals surface area (Å²) in [6, 6.07) is 3.83. The van der Waals surface area contributed by atoms with Gasteiger partial charge in [0.2, 0.25) is 0 Å². The van der Waals surface area contributed by atoms with E-state index in [4.69, 9.17) is 5.73 Å². The van der Waals surface area contributed by atoms with Crippen molar-refractivity contribution in [3.8, 4) is 0 Å². The molecule has 0 aliphatic heterocycles. The number of nitrogen functional groups attached to an aromatic ring is 1. The Bertz CT molecular complexity index is 335. The maximum atomic E-state index is 5.81. The van der Waals surface area contributed by atoms with E-state index in [-0.39, 0.29) is 0 Å². The molecule has 2 unspecified atom stereocenters. The fourth-order valence-corrected chi connectivity index (χ4v) is 1.62. The molecule has 3 heteroatoms. The number of aryl methyl sites for hydroxylation is 1. The first-order chi connectivity index (χ1) is 6.66. The van der Waals surface area contributed by atoms with Gasteiger partial charge in [-0.05, 0) is 37.3 Å². The first-order valence-electron chi connectivity index (χ1n) is 5.14. The van der Waals surface area contributed by atoms with Crippen molar-refractivity contribution in [3.05, 3.63) is 17.8 Å². The minimum absolute atomic E-state index is 0.740. The normalized spacial score (nSPS) is 24.7. The number of rotatable bonds is 3. The fraction of sp³-hybridized carbons (Fsp3) is 0.545. The van der Waals surface area contributed by atoms with Crippen LogP contribution in [-0.2, 0) is 0 Å². The monoisotopic (exact) mass is 191 g/mol. The number of pyridine rings is 1. The predicted octanol–water partition coefficient (Wildman–Crippen LogP) is 2.04. The van der Waals surface area contributed by atoms with E-state index in [9.17, 15) is 0 Å². The molecule has 0 spiro atoms. The van der Waals surface area contributed by atoms with E-state index in [0.29, 0.717) is 0 Å². The molecule has 0 aromatic carbocycles. The summed E-state index contributed by atoms with van der Waals surface area (Å²) in [6.07, 6.45) is 1.33. The van der Waals surface area contributed by atoms with Gasteiger partial charge in [-0.1, -0.05) is 6.92 Å². The van der Waals surface area contributed by atoms with Crippen LogP contribution in [0, 0.1) is 18.8 Å². The Morgan fingerprint density at radius 3 is 2.93 bits per heavy atom. The molecule has 0 bridgehead atoms. The summed E-state index contributed by atoms with van der Waals surface area (Å²) in [4.78, 5) is 4.36. The maximum absolute atomic E-state index is 5.81. The lowest BCUT2D eigenvalue weighted by Gasteiger charge is -2.08. The summed E-state index contributed by atoms with van der Waals surface area (Å²) in [5.41, 5.74) is 7.55. The van der Waals surface area contributed by atoms with Crippen molar-refractivity contribution in [2.24, 2.45) is 11.8 Å². The van der Waals surface area contributed by atoms with Gasteiger partial charge in [0.05, 0.1) is 5.69 Å². The summed E-state index contributed by atoms with van der Waals surface area (Å²) >= 11 is 0.